The molecule has 0 saturated carbocycles. The summed E-state index contributed by atoms with van der Waals surface area (Å²) in [6.07, 6.45) is 0. The maximum absolute atomic E-state index is 12.1. The van der Waals surface area contributed by atoms with E-state index in [-0.39, 0.29) is 6.61 Å². The first kappa shape index (κ1) is 15.0. The highest BCUT2D eigenvalue weighted by atomic mass is 35.5. The van der Waals surface area contributed by atoms with Crippen LogP contribution in [0.2, 0.25) is 5.15 Å². The molecule has 0 aliphatic rings. The highest BCUT2D eigenvalue weighted by Crippen LogP contribution is 2.21. The Kier molecular flexibility index (Phi) is 4.22. The Morgan fingerprint density at radius 2 is 2.00 bits per heavy atom. The van der Waals surface area contributed by atoms with E-state index in [1.54, 1.807) is 18.2 Å². The maximum Gasteiger partial charge on any atom is 0.338 e. The van der Waals surface area contributed by atoms with E-state index >= 15 is 0 Å². The Morgan fingerprint density at radius 3 is 2.83 bits per heavy atom. The number of hydrogen-bond acceptors (Lipinski definition) is 4. The number of ether oxygens (including phenoxy) is 1. The van der Waals surface area contributed by atoms with Crippen LogP contribution in [-0.4, -0.2) is 11.0 Å². The maximum atomic E-state index is 12.1. The molecule has 2 aromatic carbocycles. The van der Waals surface area contributed by atoms with Gasteiger partial charge in [-0.1, -0.05) is 35.9 Å². The summed E-state index contributed by atoms with van der Waals surface area (Å²) in [5.41, 5.74) is 2.16. The van der Waals surface area contributed by atoms with Crippen molar-refractivity contribution in [2.45, 2.75) is 6.61 Å². The van der Waals surface area contributed by atoms with E-state index in [0.29, 0.717) is 21.8 Å². The predicted molar refractivity (Wildman–Crippen MR) is 87.0 cm³/mol. The first-order valence-electron chi connectivity index (χ1n) is 6.89. The molecule has 0 saturated heterocycles. The quantitative estimate of drug-likeness (QED) is 0.537. The number of pyridine rings is 1. The molecule has 3 rings (SSSR count). The van der Waals surface area contributed by atoms with E-state index in [1.165, 1.54) is 6.07 Å². The Bertz CT molecular complexity index is 932. The molecule has 23 heavy (non-hydrogen) atoms. The summed E-state index contributed by atoms with van der Waals surface area (Å²) in [7, 11) is 0. The third kappa shape index (κ3) is 3.31. The number of hydrogen-bond donors (Lipinski definition) is 0. The lowest BCUT2D eigenvalue weighted by atomic mass is 10.1. The first-order valence-corrected chi connectivity index (χ1v) is 7.26. The second-order valence-corrected chi connectivity index (χ2v) is 5.26. The number of aromatic nitrogens is 1. The molecule has 0 fully saturated rings. The first-order chi connectivity index (χ1) is 11.2. The standard InChI is InChI=1S/C18H11ClN2O2/c19-17-15(9-13-5-1-2-7-16(13)21-17)11-23-18(22)14-6-3-4-12(8-14)10-20/h1-9H,11H2. The van der Waals surface area contributed by atoms with Crippen LogP contribution >= 0.6 is 11.6 Å². The number of rotatable bonds is 3. The van der Waals surface area contributed by atoms with Crippen molar-refractivity contribution in [1.29, 1.82) is 5.26 Å². The summed E-state index contributed by atoms with van der Waals surface area (Å²) in [6.45, 7) is 0.0201. The van der Waals surface area contributed by atoms with E-state index in [1.807, 2.05) is 36.4 Å². The van der Waals surface area contributed by atoms with Crippen LogP contribution in [0.4, 0.5) is 0 Å². The zero-order chi connectivity index (χ0) is 16.2. The van der Waals surface area contributed by atoms with E-state index in [9.17, 15) is 4.79 Å². The molecule has 0 aliphatic heterocycles. The fraction of sp³-hybridized carbons (Fsp3) is 0.0556. The number of esters is 1. The van der Waals surface area contributed by atoms with Gasteiger partial charge in [-0.25, -0.2) is 9.78 Å². The number of benzene rings is 2. The summed E-state index contributed by atoms with van der Waals surface area (Å²) >= 11 is 6.13. The van der Waals surface area contributed by atoms with Crippen molar-refractivity contribution < 1.29 is 9.53 Å². The average molecular weight is 323 g/mol. The zero-order valence-electron chi connectivity index (χ0n) is 12.0. The normalized spacial score (nSPS) is 10.3. The van der Waals surface area contributed by atoms with Gasteiger partial charge in [-0.05, 0) is 30.3 Å². The van der Waals surface area contributed by atoms with Crippen LogP contribution in [0.1, 0.15) is 21.5 Å². The van der Waals surface area contributed by atoms with Crippen molar-refractivity contribution in [1.82, 2.24) is 4.98 Å². The van der Waals surface area contributed by atoms with Crippen molar-refractivity contribution in [2.24, 2.45) is 0 Å². The third-order valence-corrected chi connectivity index (χ3v) is 3.66. The van der Waals surface area contributed by atoms with Crippen LogP contribution in [0.3, 0.4) is 0 Å². The van der Waals surface area contributed by atoms with Crippen LogP contribution in [0.25, 0.3) is 10.9 Å². The lowest BCUT2D eigenvalue weighted by molar-refractivity contribution is 0.0472. The minimum absolute atomic E-state index is 0.0201. The number of halogens is 1. The lowest BCUT2D eigenvalue weighted by Gasteiger charge is -2.08. The fourth-order valence-electron chi connectivity index (χ4n) is 2.18. The largest absolute Gasteiger partial charge is 0.457 e. The Balaban J connectivity index is 1.79. The molecule has 112 valence electrons. The van der Waals surface area contributed by atoms with Crippen LogP contribution < -0.4 is 0 Å². The summed E-state index contributed by atoms with van der Waals surface area (Å²) in [4.78, 5) is 16.4. The number of para-hydroxylation sites is 1. The van der Waals surface area contributed by atoms with E-state index in [0.717, 1.165) is 10.9 Å². The molecule has 1 aromatic heterocycles. The van der Waals surface area contributed by atoms with Gasteiger partial charge < -0.3 is 4.74 Å². The molecule has 0 radical (unpaired) electrons. The molecule has 0 atom stereocenters. The molecule has 0 amide bonds. The molecule has 4 nitrogen and oxygen atoms in total. The monoisotopic (exact) mass is 322 g/mol. The molecule has 0 spiro atoms. The van der Waals surface area contributed by atoms with Gasteiger partial charge in [0.2, 0.25) is 0 Å². The Hall–Kier alpha value is -2.90. The van der Waals surface area contributed by atoms with Gasteiger partial charge in [0.1, 0.15) is 11.8 Å². The number of fused-ring (bicyclic) bond motifs is 1. The van der Waals surface area contributed by atoms with Crippen molar-refractivity contribution in [3.8, 4) is 6.07 Å². The highest BCUT2D eigenvalue weighted by Gasteiger charge is 2.11. The topological polar surface area (TPSA) is 63.0 Å². The minimum Gasteiger partial charge on any atom is -0.457 e. The molecule has 0 unspecified atom stereocenters. The van der Waals surface area contributed by atoms with Gasteiger partial charge in [0.05, 0.1) is 22.7 Å². The SMILES string of the molecule is N#Cc1cccc(C(=O)OCc2cc3ccccc3nc2Cl)c1. The van der Waals surface area contributed by atoms with E-state index in [2.05, 4.69) is 4.98 Å². The van der Waals surface area contributed by atoms with Gasteiger partial charge in [0.25, 0.3) is 0 Å². The van der Waals surface area contributed by atoms with Crippen molar-refractivity contribution in [3.05, 3.63) is 76.4 Å². The van der Waals surface area contributed by atoms with Crippen molar-refractivity contribution >= 4 is 28.5 Å². The van der Waals surface area contributed by atoms with Crippen LogP contribution in [0.5, 0.6) is 0 Å². The highest BCUT2D eigenvalue weighted by molar-refractivity contribution is 6.30. The van der Waals surface area contributed by atoms with E-state index in [4.69, 9.17) is 21.6 Å². The van der Waals surface area contributed by atoms with Gasteiger partial charge in [0, 0.05) is 10.9 Å². The third-order valence-electron chi connectivity index (χ3n) is 3.34. The second kappa shape index (κ2) is 6.47. The number of carbonyl (C=O) groups is 1. The molecule has 0 bridgehead atoms. The number of carbonyl (C=O) groups excluding carboxylic acids is 1. The van der Waals surface area contributed by atoms with Gasteiger partial charge in [0.15, 0.2) is 0 Å². The molecule has 5 heteroatoms. The minimum atomic E-state index is -0.508. The zero-order valence-corrected chi connectivity index (χ0v) is 12.7. The molecular formula is C18H11ClN2O2. The number of nitriles is 1. The van der Waals surface area contributed by atoms with Gasteiger partial charge >= 0.3 is 5.97 Å². The molecule has 0 aliphatic carbocycles. The van der Waals surface area contributed by atoms with Crippen LogP contribution in [-0.2, 0) is 11.3 Å². The molecule has 0 N–H and O–H groups in total. The number of nitrogens with zero attached hydrogens (tertiary/aromatic N) is 2. The summed E-state index contributed by atoms with van der Waals surface area (Å²) < 4.78 is 5.27. The molecule has 3 aromatic rings. The van der Waals surface area contributed by atoms with Crippen LogP contribution in [0.15, 0.2) is 54.6 Å². The smallest absolute Gasteiger partial charge is 0.338 e. The molecular weight excluding hydrogens is 312 g/mol. The van der Waals surface area contributed by atoms with Gasteiger partial charge in [-0.2, -0.15) is 5.26 Å². The fourth-order valence-corrected chi connectivity index (χ4v) is 2.38. The lowest BCUT2D eigenvalue weighted by Crippen LogP contribution is -2.06. The van der Waals surface area contributed by atoms with Crippen LogP contribution in [0, 0.1) is 11.3 Å². The Morgan fingerprint density at radius 1 is 1.17 bits per heavy atom. The predicted octanol–water partition coefficient (Wildman–Crippen LogP) is 4.12. The average Bonchev–Trinajstić information content (AvgIpc) is 2.59. The van der Waals surface area contributed by atoms with Gasteiger partial charge in [-0.15, -0.1) is 0 Å². The van der Waals surface area contributed by atoms with Gasteiger partial charge in [-0.3, -0.25) is 0 Å². The summed E-state index contributed by atoms with van der Waals surface area (Å²) in [5.74, 6) is -0.508. The van der Waals surface area contributed by atoms with Crippen molar-refractivity contribution in [2.75, 3.05) is 0 Å². The van der Waals surface area contributed by atoms with Crippen molar-refractivity contribution in [3.63, 3.8) is 0 Å². The Labute approximate surface area is 137 Å². The second-order valence-electron chi connectivity index (χ2n) is 4.90. The summed E-state index contributed by atoms with van der Waals surface area (Å²) in [5, 5.41) is 10.1. The summed E-state index contributed by atoms with van der Waals surface area (Å²) in [6, 6.07) is 17.8. The molecule has 1 heterocycles. The van der Waals surface area contributed by atoms with E-state index < -0.39 is 5.97 Å².